The van der Waals surface area contributed by atoms with Crippen molar-refractivity contribution in [1.29, 1.82) is 0 Å². The Bertz CT molecular complexity index is 733. The number of rotatable bonds is 6. The highest BCUT2D eigenvalue weighted by Crippen LogP contribution is 2.26. The van der Waals surface area contributed by atoms with Crippen LogP contribution in [0.2, 0.25) is 0 Å². The minimum Gasteiger partial charge on any atom is -0.378 e. The van der Waals surface area contributed by atoms with Crippen molar-refractivity contribution in [2.24, 2.45) is 0 Å². The predicted octanol–water partition coefficient (Wildman–Crippen LogP) is 3.03. The first-order chi connectivity index (χ1) is 13.3. The molecule has 0 N–H and O–H groups in total. The van der Waals surface area contributed by atoms with E-state index in [0.29, 0.717) is 0 Å². The van der Waals surface area contributed by atoms with Crippen LogP contribution in [-0.4, -0.2) is 69.5 Å². The number of para-hydroxylation sites is 1. The van der Waals surface area contributed by atoms with Gasteiger partial charge in [-0.25, -0.2) is 4.98 Å². The van der Waals surface area contributed by atoms with Gasteiger partial charge in [0.2, 0.25) is 0 Å². The van der Waals surface area contributed by atoms with Gasteiger partial charge < -0.3 is 19.3 Å². The van der Waals surface area contributed by atoms with E-state index in [2.05, 4.69) is 51.0 Å². The molecule has 0 spiro atoms. The molecule has 0 bridgehead atoms. The van der Waals surface area contributed by atoms with Gasteiger partial charge in [0, 0.05) is 56.0 Å². The number of halogens is 1. The van der Waals surface area contributed by atoms with Crippen LogP contribution >= 0.6 is 28.3 Å². The minimum absolute atomic E-state index is 0. The molecule has 1 aromatic heterocycles. The molecule has 0 radical (unpaired) electrons. The fourth-order valence-corrected chi connectivity index (χ4v) is 4.68. The molecule has 0 atom stereocenters. The molecule has 6 nitrogen and oxygen atoms in total. The van der Waals surface area contributed by atoms with Crippen molar-refractivity contribution in [1.82, 2.24) is 9.88 Å². The van der Waals surface area contributed by atoms with E-state index in [1.807, 2.05) is 6.20 Å². The molecule has 2 saturated heterocycles. The number of hydrogen-bond acceptors (Lipinski definition) is 7. The largest absolute Gasteiger partial charge is 0.378 e. The zero-order valence-electron chi connectivity index (χ0n) is 16.4. The Morgan fingerprint density at radius 2 is 1.61 bits per heavy atom. The number of ether oxygens (including phenoxy) is 2. The lowest BCUT2D eigenvalue weighted by Crippen LogP contribution is -2.37. The SMILES string of the molecule is Br.CN(Cc1cnc(N2CCOCC2)s1)Cc1ccccc1N1CCOCC1. The summed E-state index contributed by atoms with van der Waals surface area (Å²) in [7, 11) is 2.18. The third-order valence-corrected chi connectivity index (χ3v) is 6.08. The number of thiazole rings is 1. The van der Waals surface area contributed by atoms with Crippen LogP contribution in [0, 0.1) is 0 Å². The molecule has 3 heterocycles. The Morgan fingerprint density at radius 3 is 2.32 bits per heavy atom. The van der Waals surface area contributed by atoms with Gasteiger partial charge in [-0.3, -0.25) is 4.90 Å². The number of benzene rings is 1. The highest BCUT2D eigenvalue weighted by molar-refractivity contribution is 8.93. The first-order valence-corrected chi connectivity index (χ1v) is 10.5. The van der Waals surface area contributed by atoms with E-state index in [1.165, 1.54) is 16.1 Å². The van der Waals surface area contributed by atoms with Crippen LogP contribution in [0.15, 0.2) is 30.5 Å². The lowest BCUT2D eigenvalue weighted by Gasteiger charge is -2.31. The summed E-state index contributed by atoms with van der Waals surface area (Å²) in [5, 5.41) is 1.12. The monoisotopic (exact) mass is 468 g/mol. The Morgan fingerprint density at radius 1 is 0.964 bits per heavy atom. The summed E-state index contributed by atoms with van der Waals surface area (Å²) >= 11 is 1.80. The van der Waals surface area contributed by atoms with Gasteiger partial charge in [-0.1, -0.05) is 18.2 Å². The average Bonchev–Trinajstić information content (AvgIpc) is 3.18. The Kier molecular flexibility index (Phi) is 8.11. The Hall–Kier alpha value is -1.19. The van der Waals surface area contributed by atoms with E-state index in [0.717, 1.165) is 70.8 Å². The predicted molar refractivity (Wildman–Crippen MR) is 120 cm³/mol. The van der Waals surface area contributed by atoms with Crippen LogP contribution < -0.4 is 9.80 Å². The molecule has 2 aliphatic heterocycles. The second kappa shape index (κ2) is 10.5. The van der Waals surface area contributed by atoms with Crippen LogP contribution in [0.4, 0.5) is 10.8 Å². The van der Waals surface area contributed by atoms with Crippen LogP contribution in [0.5, 0.6) is 0 Å². The van der Waals surface area contributed by atoms with Crippen LogP contribution in [-0.2, 0) is 22.6 Å². The summed E-state index contributed by atoms with van der Waals surface area (Å²) in [6.07, 6.45) is 2.03. The summed E-state index contributed by atoms with van der Waals surface area (Å²) in [6.45, 7) is 8.89. The average molecular weight is 469 g/mol. The third kappa shape index (κ3) is 5.45. The molecule has 2 fully saturated rings. The molecule has 0 aliphatic carbocycles. The highest BCUT2D eigenvalue weighted by atomic mass is 79.9. The Labute approximate surface area is 181 Å². The third-order valence-electron chi connectivity index (χ3n) is 5.03. The summed E-state index contributed by atoms with van der Waals surface area (Å²) in [6, 6.07) is 8.74. The van der Waals surface area contributed by atoms with E-state index in [-0.39, 0.29) is 17.0 Å². The van der Waals surface area contributed by atoms with E-state index in [9.17, 15) is 0 Å². The maximum absolute atomic E-state index is 5.50. The molecule has 0 amide bonds. The number of morpholine rings is 2. The summed E-state index contributed by atoms with van der Waals surface area (Å²) in [5.74, 6) is 0. The van der Waals surface area contributed by atoms with Crippen molar-refractivity contribution in [3.05, 3.63) is 40.9 Å². The maximum Gasteiger partial charge on any atom is 0.185 e. The quantitative estimate of drug-likeness (QED) is 0.648. The molecule has 0 saturated carbocycles. The van der Waals surface area contributed by atoms with Crippen molar-refractivity contribution in [3.63, 3.8) is 0 Å². The number of nitrogens with zero attached hydrogens (tertiary/aromatic N) is 4. The summed E-state index contributed by atoms with van der Waals surface area (Å²) in [5.41, 5.74) is 2.71. The van der Waals surface area contributed by atoms with Gasteiger partial charge >= 0.3 is 0 Å². The van der Waals surface area contributed by atoms with Gasteiger partial charge in [0.05, 0.1) is 26.4 Å². The van der Waals surface area contributed by atoms with Gasteiger partial charge in [0.25, 0.3) is 0 Å². The molecule has 2 aliphatic rings. The lowest BCUT2D eigenvalue weighted by atomic mass is 10.1. The molecular formula is C20H29BrN4O2S. The molecule has 4 rings (SSSR count). The minimum atomic E-state index is 0. The van der Waals surface area contributed by atoms with E-state index in [4.69, 9.17) is 9.47 Å². The Balaban J connectivity index is 0.00000225. The van der Waals surface area contributed by atoms with E-state index in [1.54, 1.807) is 11.3 Å². The first kappa shape index (κ1) is 21.5. The maximum atomic E-state index is 5.50. The first-order valence-electron chi connectivity index (χ1n) is 9.66. The summed E-state index contributed by atoms with van der Waals surface area (Å²) in [4.78, 5) is 13.1. The lowest BCUT2D eigenvalue weighted by molar-refractivity contribution is 0.122. The number of aromatic nitrogens is 1. The molecule has 28 heavy (non-hydrogen) atoms. The van der Waals surface area contributed by atoms with Crippen LogP contribution in [0.3, 0.4) is 0 Å². The topological polar surface area (TPSA) is 41.1 Å². The second-order valence-corrected chi connectivity index (χ2v) is 8.20. The van der Waals surface area contributed by atoms with Gasteiger partial charge in [-0.05, 0) is 18.7 Å². The van der Waals surface area contributed by atoms with Crippen LogP contribution in [0.1, 0.15) is 10.4 Å². The van der Waals surface area contributed by atoms with Crippen molar-refractivity contribution in [2.75, 3.05) is 69.5 Å². The molecule has 1 aromatic carbocycles. The highest BCUT2D eigenvalue weighted by Gasteiger charge is 2.17. The van der Waals surface area contributed by atoms with Crippen LogP contribution in [0.25, 0.3) is 0 Å². The van der Waals surface area contributed by atoms with Gasteiger partial charge in [-0.15, -0.1) is 28.3 Å². The standard InChI is InChI=1S/C20H28N4O2S.BrH/c1-22(16-18-14-21-20(27-18)24-8-12-26-13-9-24)15-17-4-2-3-5-19(17)23-6-10-25-11-7-23;/h2-5,14H,6-13,15-16H2,1H3;1H. The van der Waals surface area contributed by atoms with Crippen molar-refractivity contribution >= 4 is 39.1 Å². The molecule has 154 valence electrons. The molecular weight excluding hydrogens is 440 g/mol. The van der Waals surface area contributed by atoms with Crippen molar-refractivity contribution < 1.29 is 9.47 Å². The zero-order chi connectivity index (χ0) is 18.5. The molecule has 2 aromatic rings. The van der Waals surface area contributed by atoms with E-state index >= 15 is 0 Å². The second-order valence-electron chi connectivity index (χ2n) is 7.11. The fourth-order valence-electron chi connectivity index (χ4n) is 3.64. The van der Waals surface area contributed by atoms with Gasteiger partial charge in [0.1, 0.15) is 0 Å². The van der Waals surface area contributed by atoms with Crippen molar-refractivity contribution in [3.8, 4) is 0 Å². The summed E-state index contributed by atoms with van der Waals surface area (Å²) < 4.78 is 10.9. The zero-order valence-corrected chi connectivity index (χ0v) is 18.9. The fraction of sp³-hybridized carbons (Fsp3) is 0.550. The van der Waals surface area contributed by atoms with E-state index < -0.39 is 0 Å². The smallest absolute Gasteiger partial charge is 0.185 e. The van der Waals surface area contributed by atoms with Gasteiger partial charge in [-0.2, -0.15) is 0 Å². The van der Waals surface area contributed by atoms with Crippen molar-refractivity contribution in [2.45, 2.75) is 13.1 Å². The number of hydrogen-bond donors (Lipinski definition) is 0. The normalized spacial score (nSPS) is 17.6. The molecule has 0 unspecified atom stereocenters. The van der Waals surface area contributed by atoms with Gasteiger partial charge in [0.15, 0.2) is 5.13 Å². The molecule has 8 heteroatoms. The number of anilines is 2.